The lowest BCUT2D eigenvalue weighted by Gasteiger charge is -2.18. The Morgan fingerprint density at radius 1 is 0.962 bits per heavy atom. The number of hydrogen-bond acceptors (Lipinski definition) is 4. The molecule has 0 N–H and O–H groups in total. The van der Waals surface area contributed by atoms with E-state index in [4.69, 9.17) is 4.74 Å². The van der Waals surface area contributed by atoms with Gasteiger partial charge in [-0.05, 0) is 24.5 Å². The van der Waals surface area contributed by atoms with Crippen molar-refractivity contribution in [2.24, 2.45) is 5.92 Å². The summed E-state index contributed by atoms with van der Waals surface area (Å²) in [5.41, 5.74) is 0. The second-order valence-electron chi connectivity index (χ2n) is 6.07. The Kier molecular flexibility index (Phi) is 6.20. The smallest absolute Gasteiger partial charge is 0.423 e. The van der Waals surface area contributed by atoms with Crippen molar-refractivity contribution in [2.75, 3.05) is 0 Å². The summed E-state index contributed by atoms with van der Waals surface area (Å²) in [5, 5.41) is 0. The van der Waals surface area contributed by atoms with Gasteiger partial charge in [-0.25, -0.2) is 4.79 Å². The van der Waals surface area contributed by atoms with Gasteiger partial charge in [-0.3, -0.25) is 4.79 Å². The van der Waals surface area contributed by atoms with Crippen LogP contribution < -0.4 is 9.47 Å². The average Bonchev–Trinajstić information content (AvgIpc) is 3.07. The van der Waals surface area contributed by atoms with Crippen LogP contribution in [0, 0.1) is 5.92 Å². The number of ether oxygens (including phenoxy) is 2. The van der Waals surface area contributed by atoms with Crippen molar-refractivity contribution in [3.05, 3.63) is 24.3 Å². The molecule has 4 nitrogen and oxygen atoms in total. The van der Waals surface area contributed by atoms with E-state index in [0.29, 0.717) is 12.3 Å². The molecule has 1 aromatic carbocycles. The largest absolute Gasteiger partial charge is 0.465 e. The molecule has 1 saturated carbocycles. The quantitative estimate of drug-likeness (QED) is 0.409. The van der Waals surface area contributed by atoms with Crippen molar-refractivity contribution in [3.63, 3.8) is 0 Å². The van der Waals surface area contributed by atoms with Gasteiger partial charge < -0.3 is 9.47 Å². The number of carbonyl (C=O) groups is 2. The Hall–Kier alpha value is -2.19. The minimum atomic E-state index is -6.09. The van der Waals surface area contributed by atoms with E-state index in [2.05, 4.69) is 4.74 Å². The highest BCUT2D eigenvalue weighted by Crippen LogP contribution is 2.38. The van der Waals surface area contributed by atoms with Gasteiger partial charge in [0.25, 0.3) is 0 Å². The zero-order chi connectivity index (χ0) is 19.4. The first kappa shape index (κ1) is 20.1. The zero-order valence-electron chi connectivity index (χ0n) is 13.7. The summed E-state index contributed by atoms with van der Waals surface area (Å²) in [4.78, 5) is 23.1. The van der Waals surface area contributed by atoms with Gasteiger partial charge in [-0.2, -0.15) is 22.0 Å². The fourth-order valence-electron chi connectivity index (χ4n) is 2.69. The third-order valence-electron chi connectivity index (χ3n) is 4.12. The first-order valence-electron chi connectivity index (χ1n) is 8.08. The predicted octanol–water partition coefficient (Wildman–Crippen LogP) is 4.67. The molecule has 0 radical (unpaired) electrons. The van der Waals surface area contributed by atoms with E-state index in [9.17, 15) is 31.5 Å². The van der Waals surface area contributed by atoms with E-state index < -0.39 is 35.5 Å². The Morgan fingerprint density at radius 2 is 1.50 bits per heavy atom. The third kappa shape index (κ3) is 4.92. The van der Waals surface area contributed by atoms with Crippen LogP contribution in [0.5, 0.6) is 11.5 Å². The van der Waals surface area contributed by atoms with Crippen LogP contribution in [0.1, 0.15) is 38.5 Å². The van der Waals surface area contributed by atoms with E-state index in [1.807, 2.05) is 0 Å². The standard InChI is InChI=1S/C17H17F5O4/c18-16(19,17(20,21)22)15(24)26-13-8-4-3-7-12(13)25-14(23)10-9-11-5-1-2-6-11/h3-4,7-8,11H,1-2,5-6,9-10H2. The SMILES string of the molecule is O=C(CCC1CCCC1)Oc1ccccc1OC(=O)C(F)(F)C(F)(F)F. The summed E-state index contributed by atoms with van der Waals surface area (Å²) < 4.78 is 71.7. The molecule has 0 saturated heterocycles. The lowest BCUT2D eigenvalue weighted by Crippen LogP contribution is -2.46. The molecule has 0 spiro atoms. The van der Waals surface area contributed by atoms with E-state index in [-0.39, 0.29) is 6.42 Å². The monoisotopic (exact) mass is 380 g/mol. The van der Waals surface area contributed by atoms with Crippen LogP contribution in [-0.4, -0.2) is 24.0 Å². The van der Waals surface area contributed by atoms with Gasteiger partial charge in [0, 0.05) is 6.42 Å². The normalized spacial score (nSPS) is 15.7. The van der Waals surface area contributed by atoms with Crippen molar-refractivity contribution in [1.82, 2.24) is 0 Å². The molecule has 1 aromatic rings. The highest BCUT2D eigenvalue weighted by Gasteiger charge is 2.65. The second kappa shape index (κ2) is 8.01. The number of para-hydroxylation sites is 2. The van der Waals surface area contributed by atoms with Crippen molar-refractivity contribution < 1.29 is 41.0 Å². The Bertz CT molecular complexity index is 651. The van der Waals surface area contributed by atoms with Crippen molar-refractivity contribution in [2.45, 2.75) is 50.6 Å². The minimum absolute atomic E-state index is 0.0751. The number of esters is 2. The molecule has 0 aliphatic heterocycles. The summed E-state index contributed by atoms with van der Waals surface area (Å²) >= 11 is 0. The molecule has 2 rings (SSSR count). The van der Waals surface area contributed by atoms with Crippen molar-refractivity contribution in [1.29, 1.82) is 0 Å². The van der Waals surface area contributed by atoms with E-state index >= 15 is 0 Å². The van der Waals surface area contributed by atoms with Gasteiger partial charge in [-0.1, -0.05) is 37.8 Å². The van der Waals surface area contributed by atoms with E-state index in [1.54, 1.807) is 0 Å². The van der Waals surface area contributed by atoms with Crippen LogP contribution in [0.3, 0.4) is 0 Å². The molecule has 0 atom stereocenters. The maximum atomic E-state index is 13.0. The second-order valence-corrected chi connectivity index (χ2v) is 6.07. The van der Waals surface area contributed by atoms with Crippen LogP contribution in [-0.2, 0) is 9.59 Å². The van der Waals surface area contributed by atoms with Crippen LogP contribution in [0.2, 0.25) is 0 Å². The van der Waals surface area contributed by atoms with Gasteiger partial charge in [-0.15, -0.1) is 0 Å². The number of carbonyl (C=O) groups excluding carboxylic acids is 2. The lowest BCUT2D eigenvalue weighted by atomic mass is 10.0. The molecule has 26 heavy (non-hydrogen) atoms. The Balaban J connectivity index is 2.00. The summed E-state index contributed by atoms with van der Waals surface area (Å²) in [5.74, 6) is -9.80. The van der Waals surface area contributed by atoms with Crippen LogP contribution in [0.15, 0.2) is 24.3 Å². The van der Waals surface area contributed by atoms with Crippen molar-refractivity contribution >= 4 is 11.9 Å². The molecule has 0 aromatic heterocycles. The Labute approximate surface area is 146 Å². The first-order valence-corrected chi connectivity index (χ1v) is 8.08. The molecule has 0 heterocycles. The van der Waals surface area contributed by atoms with Crippen molar-refractivity contribution in [3.8, 4) is 11.5 Å². The van der Waals surface area contributed by atoms with Gasteiger partial charge in [0.05, 0.1) is 0 Å². The van der Waals surface area contributed by atoms with E-state index in [1.165, 1.54) is 12.1 Å². The predicted molar refractivity (Wildman–Crippen MR) is 79.9 cm³/mol. The molecule has 0 bridgehead atoms. The fraction of sp³-hybridized carbons (Fsp3) is 0.529. The maximum absolute atomic E-state index is 13.0. The molecule has 1 fully saturated rings. The lowest BCUT2D eigenvalue weighted by molar-refractivity contribution is -0.276. The highest BCUT2D eigenvalue weighted by molar-refractivity contribution is 5.82. The van der Waals surface area contributed by atoms with Gasteiger partial charge >= 0.3 is 24.0 Å². The summed E-state index contributed by atoms with van der Waals surface area (Å²) in [6.45, 7) is 0. The molecular weight excluding hydrogens is 363 g/mol. The third-order valence-corrected chi connectivity index (χ3v) is 4.12. The van der Waals surface area contributed by atoms with Gasteiger partial charge in [0.1, 0.15) is 0 Å². The van der Waals surface area contributed by atoms with Crippen LogP contribution in [0.25, 0.3) is 0 Å². The molecule has 1 aliphatic rings. The highest BCUT2D eigenvalue weighted by atomic mass is 19.4. The fourth-order valence-corrected chi connectivity index (χ4v) is 2.69. The summed E-state index contributed by atoms with van der Waals surface area (Å²) in [6.07, 6.45) is -1.16. The number of hydrogen-bond donors (Lipinski definition) is 0. The Morgan fingerprint density at radius 3 is 2.04 bits per heavy atom. The summed E-state index contributed by atoms with van der Waals surface area (Å²) in [7, 11) is 0. The molecule has 144 valence electrons. The summed E-state index contributed by atoms with van der Waals surface area (Å²) in [6, 6.07) is 4.70. The zero-order valence-corrected chi connectivity index (χ0v) is 13.7. The van der Waals surface area contributed by atoms with Crippen LogP contribution >= 0.6 is 0 Å². The van der Waals surface area contributed by atoms with Gasteiger partial charge in [0.15, 0.2) is 11.5 Å². The molecule has 0 amide bonds. The number of halogens is 5. The topological polar surface area (TPSA) is 52.6 Å². The molecular formula is C17H17F5O4. The maximum Gasteiger partial charge on any atom is 0.465 e. The molecule has 1 aliphatic carbocycles. The first-order chi connectivity index (χ1) is 12.1. The van der Waals surface area contributed by atoms with E-state index in [0.717, 1.165) is 37.8 Å². The van der Waals surface area contributed by atoms with Gasteiger partial charge in [0.2, 0.25) is 0 Å². The molecule has 0 unspecified atom stereocenters. The number of benzene rings is 1. The number of rotatable bonds is 6. The average molecular weight is 380 g/mol. The minimum Gasteiger partial charge on any atom is -0.423 e. The van der Waals surface area contributed by atoms with Crippen LogP contribution in [0.4, 0.5) is 22.0 Å². The molecule has 9 heteroatoms. The number of alkyl halides is 5.